The molecule has 2 aromatic carbocycles. The molecule has 142 valence electrons. The van der Waals surface area contributed by atoms with E-state index in [1.54, 1.807) is 0 Å². The minimum Gasteiger partial charge on any atom is -0.494 e. The van der Waals surface area contributed by atoms with E-state index in [0.29, 0.717) is 6.61 Å². The molecule has 0 saturated heterocycles. The van der Waals surface area contributed by atoms with Gasteiger partial charge in [0.15, 0.2) is 0 Å². The lowest BCUT2D eigenvalue weighted by Gasteiger charge is -2.36. The highest BCUT2D eigenvalue weighted by molar-refractivity contribution is 5.85. The first kappa shape index (κ1) is 17.1. The minimum absolute atomic E-state index is 0.113. The molecule has 0 amide bonds. The number of benzene rings is 2. The first-order valence-electron chi connectivity index (χ1n) is 9.88. The predicted octanol–water partition coefficient (Wildman–Crippen LogP) is 4.44. The number of fused-ring (bicyclic) bond motifs is 3. The minimum atomic E-state index is 0.113. The lowest BCUT2D eigenvalue weighted by molar-refractivity contribution is 0.194. The lowest BCUT2D eigenvalue weighted by atomic mass is 9.91. The van der Waals surface area contributed by atoms with Gasteiger partial charge in [-0.1, -0.05) is 36.4 Å². The highest BCUT2D eigenvalue weighted by Crippen LogP contribution is 2.41. The van der Waals surface area contributed by atoms with Crippen molar-refractivity contribution in [3.63, 3.8) is 0 Å². The Balaban J connectivity index is 1.66. The molecular weight excluding hydrogens is 348 g/mol. The summed E-state index contributed by atoms with van der Waals surface area (Å²) < 4.78 is 6.00. The molecule has 0 bridgehead atoms. The molecule has 28 heavy (non-hydrogen) atoms. The summed E-state index contributed by atoms with van der Waals surface area (Å²) in [5, 5.41) is 8.57. The number of ether oxygens (including phenoxy) is 1. The Morgan fingerprint density at radius 2 is 1.96 bits per heavy atom. The summed E-state index contributed by atoms with van der Waals surface area (Å²) in [7, 11) is 0. The Hall–Kier alpha value is -3.05. The third-order valence-electron chi connectivity index (χ3n) is 5.58. The molecule has 3 heterocycles. The van der Waals surface area contributed by atoms with E-state index in [9.17, 15) is 0 Å². The van der Waals surface area contributed by atoms with Crippen molar-refractivity contribution in [2.75, 3.05) is 13.2 Å². The molecule has 0 spiro atoms. The van der Waals surface area contributed by atoms with Crippen LogP contribution in [0.3, 0.4) is 0 Å². The highest BCUT2D eigenvalue weighted by atomic mass is 16.5. The number of para-hydroxylation sites is 2. The van der Waals surface area contributed by atoms with Crippen molar-refractivity contribution in [3.8, 4) is 5.75 Å². The summed E-state index contributed by atoms with van der Waals surface area (Å²) in [5.41, 5.74) is 6.23. The SMILES string of the molecule is CCOc1ccccc1[C@H]1c2[nH]c3ccccc3c2CCN1Cc1ccn[nH]1. The Labute approximate surface area is 164 Å². The average Bonchev–Trinajstić information content (AvgIpc) is 3.36. The van der Waals surface area contributed by atoms with Crippen LogP contribution in [-0.4, -0.2) is 33.2 Å². The van der Waals surface area contributed by atoms with Gasteiger partial charge in [0.05, 0.1) is 12.6 Å². The molecule has 0 aliphatic carbocycles. The maximum absolute atomic E-state index is 6.00. The number of nitrogens with one attached hydrogen (secondary N) is 2. The number of rotatable bonds is 5. The van der Waals surface area contributed by atoms with Gasteiger partial charge in [-0.25, -0.2) is 0 Å². The third kappa shape index (κ3) is 2.88. The third-order valence-corrected chi connectivity index (χ3v) is 5.58. The molecule has 1 atom stereocenters. The summed E-state index contributed by atoms with van der Waals surface area (Å²) in [6.07, 6.45) is 2.84. The largest absolute Gasteiger partial charge is 0.494 e. The van der Waals surface area contributed by atoms with Crippen molar-refractivity contribution < 1.29 is 4.74 Å². The Morgan fingerprint density at radius 1 is 1.11 bits per heavy atom. The highest BCUT2D eigenvalue weighted by Gasteiger charge is 2.33. The summed E-state index contributed by atoms with van der Waals surface area (Å²) >= 11 is 0. The van der Waals surface area contributed by atoms with Crippen LogP contribution in [0.2, 0.25) is 0 Å². The van der Waals surface area contributed by atoms with E-state index >= 15 is 0 Å². The van der Waals surface area contributed by atoms with E-state index in [-0.39, 0.29) is 6.04 Å². The van der Waals surface area contributed by atoms with Crippen molar-refractivity contribution in [3.05, 3.63) is 83.3 Å². The molecule has 5 rings (SSSR count). The topological polar surface area (TPSA) is 56.9 Å². The Morgan fingerprint density at radius 3 is 2.82 bits per heavy atom. The second-order valence-electron chi connectivity index (χ2n) is 7.24. The monoisotopic (exact) mass is 372 g/mol. The normalized spacial score (nSPS) is 17.0. The molecular formula is C23H24N4O. The van der Waals surface area contributed by atoms with Crippen LogP contribution in [0, 0.1) is 0 Å². The molecule has 5 nitrogen and oxygen atoms in total. The zero-order valence-electron chi connectivity index (χ0n) is 16.0. The number of nitrogens with zero attached hydrogens (tertiary/aromatic N) is 2. The summed E-state index contributed by atoms with van der Waals surface area (Å²) in [6.45, 7) is 4.50. The quantitative estimate of drug-likeness (QED) is 0.545. The van der Waals surface area contributed by atoms with Gasteiger partial charge < -0.3 is 9.72 Å². The smallest absolute Gasteiger partial charge is 0.124 e. The standard InChI is InChI=1S/C23H24N4O/c1-2-28-21-10-6-4-8-19(21)23-22-18(17-7-3-5-9-20(17)25-22)12-14-27(23)15-16-11-13-24-26-16/h3-11,13,23,25H,2,12,14-15H2,1H3,(H,24,26)/t23-/m0/s1. The van der Waals surface area contributed by atoms with Gasteiger partial charge in [0, 0.05) is 47.1 Å². The van der Waals surface area contributed by atoms with Crippen LogP contribution in [-0.2, 0) is 13.0 Å². The van der Waals surface area contributed by atoms with Gasteiger partial charge in [-0.3, -0.25) is 10.00 Å². The maximum Gasteiger partial charge on any atom is 0.124 e. The van der Waals surface area contributed by atoms with Crippen LogP contribution < -0.4 is 4.74 Å². The van der Waals surface area contributed by atoms with Crippen molar-refractivity contribution in [2.24, 2.45) is 0 Å². The number of aromatic nitrogens is 3. The Kier molecular flexibility index (Phi) is 4.37. The van der Waals surface area contributed by atoms with Gasteiger partial charge >= 0.3 is 0 Å². The fourth-order valence-electron chi connectivity index (χ4n) is 4.40. The molecule has 0 fully saturated rings. The van der Waals surface area contributed by atoms with E-state index in [0.717, 1.165) is 31.0 Å². The van der Waals surface area contributed by atoms with Crippen molar-refractivity contribution in [1.82, 2.24) is 20.1 Å². The number of hydrogen-bond acceptors (Lipinski definition) is 3. The zero-order chi connectivity index (χ0) is 18.9. The van der Waals surface area contributed by atoms with Crippen LogP contribution in [0.4, 0.5) is 0 Å². The van der Waals surface area contributed by atoms with Crippen LogP contribution in [0.1, 0.15) is 35.5 Å². The van der Waals surface area contributed by atoms with Gasteiger partial charge in [0.2, 0.25) is 0 Å². The van der Waals surface area contributed by atoms with Crippen molar-refractivity contribution in [1.29, 1.82) is 0 Å². The van der Waals surface area contributed by atoms with E-state index < -0.39 is 0 Å². The number of aromatic amines is 2. The van der Waals surface area contributed by atoms with E-state index in [1.807, 2.05) is 25.3 Å². The van der Waals surface area contributed by atoms with Crippen LogP contribution in [0.15, 0.2) is 60.8 Å². The summed E-state index contributed by atoms with van der Waals surface area (Å²) in [4.78, 5) is 6.22. The van der Waals surface area contributed by atoms with Gasteiger partial charge in [-0.15, -0.1) is 0 Å². The Bertz CT molecular complexity index is 1080. The summed E-state index contributed by atoms with van der Waals surface area (Å²) in [5.74, 6) is 0.955. The molecule has 5 heteroatoms. The molecule has 2 aromatic heterocycles. The number of hydrogen-bond donors (Lipinski definition) is 2. The molecule has 1 aliphatic rings. The molecule has 0 unspecified atom stereocenters. The second kappa shape index (κ2) is 7.17. The summed E-state index contributed by atoms with van der Waals surface area (Å²) in [6, 6.07) is 19.2. The first-order valence-corrected chi connectivity index (χ1v) is 9.88. The lowest BCUT2D eigenvalue weighted by Crippen LogP contribution is -2.36. The van der Waals surface area contributed by atoms with Crippen molar-refractivity contribution >= 4 is 10.9 Å². The fourth-order valence-corrected chi connectivity index (χ4v) is 4.40. The van der Waals surface area contributed by atoms with Crippen LogP contribution in [0.5, 0.6) is 5.75 Å². The van der Waals surface area contributed by atoms with E-state index in [4.69, 9.17) is 4.74 Å². The second-order valence-corrected chi connectivity index (χ2v) is 7.24. The van der Waals surface area contributed by atoms with Crippen molar-refractivity contribution in [2.45, 2.75) is 25.9 Å². The van der Waals surface area contributed by atoms with E-state index in [2.05, 4.69) is 62.5 Å². The van der Waals surface area contributed by atoms with Crippen LogP contribution in [0.25, 0.3) is 10.9 Å². The zero-order valence-corrected chi connectivity index (χ0v) is 16.0. The fraction of sp³-hybridized carbons (Fsp3) is 0.261. The molecule has 4 aromatic rings. The molecule has 2 N–H and O–H groups in total. The predicted molar refractivity (Wildman–Crippen MR) is 110 cm³/mol. The number of H-pyrrole nitrogens is 2. The molecule has 0 saturated carbocycles. The van der Waals surface area contributed by atoms with Gasteiger partial charge in [0.25, 0.3) is 0 Å². The van der Waals surface area contributed by atoms with E-state index in [1.165, 1.54) is 27.7 Å². The first-order chi connectivity index (χ1) is 13.8. The molecule has 0 radical (unpaired) electrons. The van der Waals surface area contributed by atoms with Gasteiger partial charge in [0.1, 0.15) is 5.75 Å². The average molecular weight is 372 g/mol. The maximum atomic E-state index is 6.00. The van der Waals surface area contributed by atoms with Crippen LogP contribution >= 0.6 is 0 Å². The van der Waals surface area contributed by atoms with Gasteiger partial charge in [-0.2, -0.15) is 5.10 Å². The molecule has 1 aliphatic heterocycles. The van der Waals surface area contributed by atoms with Gasteiger partial charge in [-0.05, 0) is 37.1 Å².